The minimum atomic E-state index is -1.77. The van der Waals surface area contributed by atoms with Gasteiger partial charge >= 0.3 is 5.97 Å². The number of alkyl halides is 1. The summed E-state index contributed by atoms with van der Waals surface area (Å²) in [5.41, 5.74) is 18.6. The van der Waals surface area contributed by atoms with Gasteiger partial charge in [-0.15, -0.1) is 0 Å². The first-order valence-corrected chi connectivity index (χ1v) is 39.6. The number of thiol groups is 3. The van der Waals surface area contributed by atoms with E-state index in [2.05, 4.69) is 127 Å². The Bertz CT molecular complexity index is 4060. The molecule has 1 aliphatic rings. The van der Waals surface area contributed by atoms with Crippen LogP contribution in [-0.4, -0.2) is 248 Å². The number of H-pyrrole nitrogens is 2. The molecule has 5 rings (SSSR count). The summed E-state index contributed by atoms with van der Waals surface area (Å²) >= 11 is 12.9. The molecule has 1 saturated heterocycles. The number of nitrogens with zero attached hydrogens (tertiary/aromatic N) is 2. The zero-order chi connectivity index (χ0) is 85.7. The maximum atomic E-state index is 15.2. The van der Waals surface area contributed by atoms with Crippen LogP contribution in [0.5, 0.6) is 0 Å². The van der Waals surface area contributed by atoms with Crippen molar-refractivity contribution < 1.29 is 107 Å². The van der Waals surface area contributed by atoms with Crippen LogP contribution in [-0.2, 0) is 117 Å². The number of fused-ring (bicyclic) bond motifs is 1. The van der Waals surface area contributed by atoms with Crippen molar-refractivity contribution in [2.75, 3.05) is 43.4 Å². The monoisotopic (exact) mass is 1880 g/mol. The van der Waals surface area contributed by atoms with Crippen LogP contribution in [0, 0.1) is 16.7 Å². The minimum absolute atomic E-state index is 0. The van der Waals surface area contributed by atoms with Gasteiger partial charge in [0.05, 0.1) is 6.33 Å². The van der Waals surface area contributed by atoms with E-state index in [9.17, 15) is 62.2 Å². The van der Waals surface area contributed by atoms with Gasteiger partial charge in [-0.1, -0.05) is 62.4 Å². The van der Waals surface area contributed by atoms with Crippen molar-refractivity contribution in [3.05, 3.63) is 90.1 Å². The van der Waals surface area contributed by atoms with Gasteiger partial charge in [-0.2, -0.15) is 37.9 Å². The number of carbonyl (C=O) groups excluding carboxylic acids is 14. The Hall–Kier alpha value is -10.6. The number of rotatable bonds is 50. The van der Waals surface area contributed by atoms with Gasteiger partial charge in [0.25, 0.3) is 5.91 Å². The molecule has 45 heteroatoms. The number of amides is 14. The molecule has 1 unspecified atom stereocenters. The van der Waals surface area contributed by atoms with Crippen molar-refractivity contribution >= 4 is 149 Å². The van der Waals surface area contributed by atoms with Crippen LogP contribution < -0.4 is 91.6 Å². The number of primary amides is 1. The molecule has 0 spiro atoms. The van der Waals surface area contributed by atoms with E-state index in [4.69, 9.17) is 28.0 Å². The van der Waals surface area contributed by atoms with E-state index in [1.165, 1.54) is 17.4 Å². The second kappa shape index (κ2) is 52.2. The molecule has 1 fully saturated rings. The number of nitrogens with two attached hydrogens (primary N) is 3. The topological polar surface area (TPSA) is 647 Å². The largest absolute Gasteiger partial charge is 2.00 e. The van der Waals surface area contributed by atoms with Crippen molar-refractivity contribution in [1.29, 1.82) is 10.8 Å². The third-order valence-corrected chi connectivity index (χ3v) is 19.7. The van der Waals surface area contributed by atoms with E-state index in [1.807, 2.05) is 0 Å². The molecule has 0 saturated carbocycles. The minimum Gasteiger partial charge on any atom is -2.00 e. The Kier molecular flexibility index (Phi) is 45.0. The molecule has 4 aromatic rings. The molecule has 0 aliphatic carbocycles. The molecule has 1 radical (unpaired) electrons. The number of benzene rings is 2. The summed E-state index contributed by atoms with van der Waals surface area (Å²) in [6.45, 7) is 5.84. The molecule has 2 aromatic heterocycles. The van der Waals surface area contributed by atoms with Gasteiger partial charge < -0.3 is 117 Å². The Labute approximate surface area is 710 Å². The van der Waals surface area contributed by atoms with Gasteiger partial charge in [-0.25, -0.2) is 9.37 Å². The zero-order valence-corrected chi connectivity index (χ0v) is 71.0. The second-order valence-corrected chi connectivity index (χ2v) is 29.1. The number of hydrogen-bond acceptors (Lipinski definition) is 21. The van der Waals surface area contributed by atoms with E-state index >= 15 is 19.2 Å². The maximum Gasteiger partial charge on any atom is 0.303 e. The van der Waals surface area contributed by atoms with Gasteiger partial charge in [0.2, 0.25) is 76.8 Å². The van der Waals surface area contributed by atoms with Gasteiger partial charge in [0.1, 0.15) is 72.5 Å². The third kappa shape index (κ3) is 34.1. The Balaban J connectivity index is 0.0000180. The van der Waals surface area contributed by atoms with Crippen LogP contribution in [0.25, 0.3) is 10.9 Å². The van der Waals surface area contributed by atoms with Crippen LogP contribution in [0.1, 0.15) is 115 Å². The Morgan fingerprint density at radius 1 is 0.542 bits per heavy atom. The smallest absolute Gasteiger partial charge is 0.303 e. The summed E-state index contributed by atoms with van der Waals surface area (Å²) in [5.74, 6) is -16.2. The summed E-state index contributed by atoms with van der Waals surface area (Å²) in [7, 11) is 0. The summed E-state index contributed by atoms with van der Waals surface area (Å²) in [6, 6.07) is -2.13. The normalized spacial score (nSPS) is 15.3. The molecular formula is C73H108FN23O17ReS3-2. The van der Waals surface area contributed by atoms with Crippen molar-refractivity contribution in [2.45, 2.75) is 196 Å². The molecule has 651 valence electrons. The fourth-order valence-corrected chi connectivity index (χ4v) is 13.2. The second-order valence-electron chi connectivity index (χ2n) is 28.0. The van der Waals surface area contributed by atoms with Gasteiger partial charge in [-0.05, 0) is 94.2 Å². The molecule has 1 aliphatic heterocycles. The number of para-hydroxylation sites is 1. The fourth-order valence-electron chi connectivity index (χ4n) is 12.4. The van der Waals surface area contributed by atoms with Crippen molar-refractivity contribution in [3.8, 4) is 0 Å². The molecule has 118 heavy (non-hydrogen) atoms. The number of halogens is 1. The number of aromatic amines is 2. The molecule has 14 amide bonds. The summed E-state index contributed by atoms with van der Waals surface area (Å²) in [6.07, 6.45) is 1.27. The number of hydrogen-bond donors (Lipinski definition) is 25. The van der Waals surface area contributed by atoms with Crippen LogP contribution in [0.4, 0.5) is 4.39 Å². The van der Waals surface area contributed by atoms with Gasteiger partial charge in [0, 0.05) is 125 Å². The summed E-state index contributed by atoms with van der Waals surface area (Å²) in [5, 5.41) is 62.1. The number of nitrogens with one attached hydrogen (secondary N) is 18. The van der Waals surface area contributed by atoms with E-state index in [0.29, 0.717) is 34.9 Å². The molecule has 3 heterocycles. The number of likely N-dealkylation sites (tertiary alicyclic amines) is 1. The standard InChI is InChI=1S/C73H108FN23O16S3.O.Re/c1-38(2)58(59(75)101)96-70(112)56-22-14-28-97(56)71(113)49(21-13-27-83-73(78)79)89-68(110)54(35-115)94-65(107)51(30-42-32-84-45-18-9-8-17-44(42)45)91-62(104)47(20-12-26-82-72(76)77)87-64(106)50(29-41-15-6-5-7-16-41)90-66(108)52(31-43-33-80-37-85-43)92-63(105)48(23-24-57(99)100)88-67(109)53(34-114)95-69(111)55(36-116)93-61(103)46(86-40(4)98)19-10-11-25-81-60(102)39(3)74;;/h5-9,15-18,32-33,37-39,46-56,58,84,114-116H,10-14,19-31,34-36H2,1-4H3,(H2,75,101)(H,80,85)(H,81,102)(H,86,98)(H,87,106)(H,88,109)(H,89,110)(H,90,108)(H,91,104)(H,92,105)(H,93,103)(H,94,107)(H,95,111)(H,96,112)(H,99,100)(H4,76,77,82)(H4,78,79,83);;/q;-2;/t39?,46-,47-,48-,49-,50+,51-,52-,53-,54-,55-,56-,58-;;/m0../s1/i74-1;;. The van der Waals surface area contributed by atoms with E-state index in [-0.39, 0.29) is 139 Å². The fraction of sp³-hybridized carbons (Fsp3) is 0.534. The van der Waals surface area contributed by atoms with Crippen LogP contribution in [0.2, 0.25) is 0 Å². The van der Waals surface area contributed by atoms with Crippen LogP contribution in [0.3, 0.4) is 0 Å². The third-order valence-electron chi connectivity index (χ3n) is 18.6. The van der Waals surface area contributed by atoms with Crippen LogP contribution in [0.15, 0.2) is 73.3 Å². The Morgan fingerprint density at radius 2 is 0.983 bits per heavy atom. The molecule has 13 atom stereocenters. The number of carboxylic acids is 1. The number of guanidine groups is 2. The first-order chi connectivity index (χ1) is 55.1. The first kappa shape index (κ1) is 102. The average molecular weight is 1880 g/mol. The summed E-state index contributed by atoms with van der Waals surface area (Å²) in [4.78, 5) is 219. The Morgan fingerprint density at radius 3 is 1.47 bits per heavy atom. The summed E-state index contributed by atoms with van der Waals surface area (Å²) < 4.78 is 13.3. The molecular weight excluding hydrogens is 1770 g/mol. The quantitative estimate of drug-likeness (QED) is 0.00870. The number of aliphatic carboxylic acids is 1. The molecule has 40 nitrogen and oxygen atoms in total. The molecule has 2 aromatic carbocycles. The molecule has 0 bridgehead atoms. The van der Waals surface area contributed by atoms with E-state index in [1.54, 1.807) is 74.6 Å². The van der Waals surface area contributed by atoms with Crippen molar-refractivity contribution in [2.24, 2.45) is 23.1 Å². The van der Waals surface area contributed by atoms with E-state index < -0.39 is 198 Å². The number of carbonyl (C=O) groups is 15. The van der Waals surface area contributed by atoms with Crippen molar-refractivity contribution in [3.63, 3.8) is 0 Å². The van der Waals surface area contributed by atoms with Gasteiger partial charge in [0.15, 0.2) is 18.1 Å². The zero-order valence-electron chi connectivity index (χ0n) is 65.6. The SMILES string of the molecule is CC(=O)N[C@@H](CCCCNC(=O)C(C)[18F])C(=O)N[C@@H](CS)C(=O)N[C@@H](CS)C(=O)N[C@@H](CCC(=O)O)C(=O)N[C@@H](Cc1cnc[nH]1)C(=O)N[C@H](Cc1ccccc1)C(=O)N[C@@H](CCCNC(=N)N)C(=O)N[C@@H](Cc1c[nH]c2ccccc12)C(=O)N[C@@H](CS)C(=O)N[C@@H](CCCNC(=N)N)C(=O)N1CCC[C@H]1C(=O)N[C@H](C(N)=O)C(C)C.[O-2].[Re]. The number of imidazole rings is 1. The maximum absolute atomic E-state index is 15.2. The van der Waals surface area contributed by atoms with E-state index in [0.717, 1.165) is 13.8 Å². The number of carboxylic acid groups (broad SMARTS) is 1. The molecule has 25 N–H and O–H groups in total. The number of unbranched alkanes of at least 4 members (excludes halogenated alkanes) is 1. The predicted octanol–water partition coefficient (Wildman–Crippen LogP) is -3.89. The first-order valence-electron chi connectivity index (χ1n) is 37.7. The van der Waals surface area contributed by atoms with Gasteiger partial charge in [-0.3, -0.25) is 82.7 Å². The average Bonchev–Trinajstić information content (AvgIpc) is 1.65. The van der Waals surface area contributed by atoms with Crippen molar-refractivity contribution in [1.82, 2.24) is 94.3 Å². The number of aromatic nitrogens is 3. The van der Waals surface area contributed by atoms with Crippen LogP contribution >= 0.6 is 37.9 Å². The predicted molar refractivity (Wildman–Crippen MR) is 435 cm³/mol.